The van der Waals surface area contributed by atoms with Gasteiger partial charge >= 0.3 is 0 Å². The molecule has 1 aromatic carbocycles. The summed E-state index contributed by atoms with van der Waals surface area (Å²) in [6.45, 7) is 5.85. The molecule has 1 aromatic rings. The van der Waals surface area contributed by atoms with Gasteiger partial charge in [0.05, 0.1) is 0 Å². The zero-order valence-corrected chi connectivity index (χ0v) is 10.6. The number of hydrogen-bond acceptors (Lipinski definition) is 1. The second-order valence-electron chi connectivity index (χ2n) is 3.32. The van der Waals surface area contributed by atoms with Crippen molar-refractivity contribution < 1.29 is 0 Å². The van der Waals surface area contributed by atoms with Gasteiger partial charge in [-0.1, -0.05) is 33.6 Å². The Hall–Kier alpha value is -0.310. The molecule has 0 aromatic heterocycles. The van der Waals surface area contributed by atoms with Gasteiger partial charge in [-0.15, -0.1) is 19.0 Å². The van der Waals surface area contributed by atoms with Gasteiger partial charge in [0.15, 0.2) is 0 Å². The summed E-state index contributed by atoms with van der Waals surface area (Å²) in [7, 11) is 0. The van der Waals surface area contributed by atoms with Gasteiger partial charge in [-0.05, 0) is 31.0 Å². The first-order valence-corrected chi connectivity index (χ1v) is 5.04. The summed E-state index contributed by atoms with van der Waals surface area (Å²) in [6, 6.07) is 8.17. The molecule has 0 spiro atoms. The first kappa shape index (κ1) is 13.7. The van der Waals surface area contributed by atoms with E-state index in [1.165, 1.54) is 0 Å². The highest BCUT2D eigenvalue weighted by Crippen LogP contribution is 2.19. The third-order valence-corrected chi connectivity index (χ3v) is 2.40. The van der Waals surface area contributed by atoms with Gasteiger partial charge < -0.3 is 5.73 Å². The minimum absolute atomic E-state index is 0. The molecule has 0 bridgehead atoms. The summed E-state index contributed by atoms with van der Waals surface area (Å²) in [5, 5.41) is 0. The van der Waals surface area contributed by atoms with Gasteiger partial charge in [0.1, 0.15) is 0 Å². The van der Waals surface area contributed by atoms with Gasteiger partial charge in [-0.3, -0.25) is 0 Å². The van der Waals surface area contributed by atoms with E-state index in [4.69, 9.17) is 5.73 Å². The zero-order valence-electron chi connectivity index (χ0n) is 8.16. The molecule has 1 nitrogen and oxygen atoms in total. The lowest BCUT2D eigenvalue weighted by atomic mass is 10.0. The average Bonchev–Trinajstić information content (AvgIpc) is 2.04. The molecule has 0 radical (unpaired) electrons. The summed E-state index contributed by atoms with van der Waals surface area (Å²) < 4.78 is 1.08. The lowest BCUT2D eigenvalue weighted by Crippen LogP contribution is -2.09. The molecule has 14 heavy (non-hydrogen) atoms. The second kappa shape index (κ2) is 6.23. The van der Waals surface area contributed by atoms with Crippen LogP contribution in [0.2, 0.25) is 0 Å². The van der Waals surface area contributed by atoms with E-state index in [0.29, 0.717) is 0 Å². The molecule has 0 fully saturated rings. The van der Waals surface area contributed by atoms with E-state index >= 15 is 0 Å². The van der Waals surface area contributed by atoms with Crippen LogP contribution in [0.4, 0.5) is 0 Å². The molecule has 0 saturated carbocycles. The number of rotatable bonds is 3. The summed E-state index contributed by atoms with van der Waals surface area (Å²) in [5.74, 6) is 0. The SMILES string of the molecule is C=C(C)C[C@H](N)c1ccc(Br)cc1.Cl. The Kier molecular flexibility index (Phi) is 6.09. The van der Waals surface area contributed by atoms with Crippen molar-refractivity contribution in [1.29, 1.82) is 0 Å². The molecule has 0 aliphatic carbocycles. The summed E-state index contributed by atoms with van der Waals surface area (Å²) in [5.41, 5.74) is 8.25. The van der Waals surface area contributed by atoms with E-state index in [1.54, 1.807) is 0 Å². The predicted molar refractivity (Wildman–Crippen MR) is 67.7 cm³/mol. The highest BCUT2D eigenvalue weighted by Gasteiger charge is 2.04. The van der Waals surface area contributed by atoms with E-state index in [0.717, 1.165) is 22.0 Å². The molecule has 0 saturated heterocycles. The molecule has 1 atom stereocenters. The van der Waals surface area contributed by atoms with Gasteiger partial charge in [-0.25, -0.2) is 0 Å². The maximum atomic E-state index is 5.97. The first-order chi connectivity index (χ1) is 6.09. The Bertz CT molecular complexity index is 295. The molecule has 3 heteroatoms. The van der Waals surface area contributed by atoms with Gasteiger partial charge in [-0.2, -0.15) is 0 Å². The molecule has 0 amide bonds. The van der Waals surface area contributed by atoms with Crippen molar-refractivity contribution in [3.05, 3.63) is 46.5 Å². The van der Waals surface area contributed by atoms with Crippen molar-refractivity contribution in [2.24, 2.45) is 5.73 Å². The van der Waals surface area contributed by atoms with Crippen molar-refractivity contribution in [3.8, 4) is 0 Å². The van der Waals surface area contributed by atoms with Crippen LogP contribution in [0.25, 0.3) is 0 Å². The first-order valence-electron chi connectivity index (χ1n) is 4.25. The van der Waals surface area contributed by atoms with E-state index in [9.17, 15) is 0 Å². The van der Waals surface area contributed by atoms with E-state index < -0.39 is 0 Å². The minimum Gasteiger partial charge on any atom is -0.324 e. The smallest absolute Gasteiger partial charge is 0.0332 e. The van der Waals surface area contributed by atoms with Crippen LogP contribution >= 0.6 is 28.3 Å². The van der Waals surface area contributed by atoms with Crippen molar-refractivity contribution in [2.75, 3.05) is 0 Å². The summed E-state index contributed by atoms with van der Waals surface area (Å²) in [4.78, 5) is 0. The fourth-order valence-electron chi connectivity index (χ4n) is 1.20. The van der Waals surface area contributed by atoms with E-state index in [-0.39, 0.29) is 18.4 Å². The van der Waals surface area contributed by atoms with Gasteiger partial charge in [0.25, 0.3) is 0 Å². The third kappa shape index (κ3) is 4.27. The van der Waals surface area contributed by atoms with Gasteiger partial charge in [0.2, 0.25) is 0 Å². The van der Waals surface area contributed by atoms with Crippen molar-refractivity contribution in [2.45, 2.75) is 19.4 Å². The Morgan fingerprint density at radius 1 is 1.43 bits per heavy atom. The lowest BCUT2D eigenvalue weighted by Gasteiger charge is -2.11. The van der Waals surface area contributed by atoms with Crippen LogP contribution < -0.4 is 5.73 Å². The van der Waals surface area contributed by atoms with Crippen molar-refractivity contribution in [1.82, 2.24) is 0 Å². The van der Waals surface area contributed by atoms with Crippen LogP contribution in [0.5, 0.6) is 0 Å². The summed E-state index contributed by atoms with van der Waals surface area (Å²) in [6.07, 6.45) is 0.849. The number of benzene rings is 1. The van der Waals surface area contributed by atoms with Crippen LogP contribution in [-0.4, -0.2) is 0 Å². The Morgan fingerprint density at radius 2 is 1.93 bits per heavy atom. The van der Waals surface area contributed by atoms with Crippen LogP contribution in [-0.2, 0) is 0 Å². The molecule has 0 unspecified atom stereocenters. The third-order valence-electron chi connectivity index (χ3n) is 1.87. The van der Waals surface area contributed by atoms with Crippen LogP contribution in [0.1, 0.15) is 24.9 Å². The minimum atomic E-state index is 0. The largest absolute Gasteiger partial charge is 0.324 e. The van der Waals surface area contributed by atoms with E-state index in [1.807, 2.05) is 31.2 Å². The Balaban J connectivity index is 0.00000169. The zero-order chi connectivity index (χ0) is 9.84. The van der Waals surface area contributed by atoms with Crippen LogP contribution in [0.3, 0.4) is 0 Å². The lowest BCUT2D eigenvalue weighted by molar-refractivity contribution is 0.717. The normalized spacial score (nSPS) is 11.6. The molecular weight excluding hydrogens is 261 g/mol. The second-order valence-corrected chi connectivity index (χ2v) is 4.23. The monoisotopic (exact) mass is 275 g/mol. The van der Waals surface area contributed by atoms with Crippen LogP contribution in [0, 0.1) is 0 Å². The number of hydrogen-bond donors (Lipinski definition) is 1. The van der Waals surface area contributed by atoms with Crippen LogP contribution in [0.15, 0.2) is 40.9 Å². The standard InChI is InChI=1S/C11H14BrN.ClH/c1-8(2)7-11(13)9-3-5-10(12)6-4-9;/h3-6,11H,1,7,13H2,2H3;1H/t11-;/m0./s1. The van der Waals surface area contributed by atoms with Gasteiger partial charge in [0, 0.05) is 10.5 Å². The molecule has 78 valence electrons. The molecule has 0 aliphatic heterocycles. The Labute approximate surface area is 99.9 Å². The molecule has 1 rings (SSSR count). The maximum absolute atomic E-state index is 5.97. The number of nitrogens with two attached hydrogens (primary N) is 1. The Morgan fingerprint density at radius 3 is 2.36 bits per heavy atom. The quantitative estimate of drug-likeness (QED) is 0.834. The molecule has 0 aliphatic rings. The molecule has 0 heterocycles. The average molecular weight is 277 g/mol. The maximum Gasteiger partial charge on any atom is 0.0332 e. The predicted octanol–water partition coefficient (Wildman–Crippen LogP) is 3.84. The highest BCUT2D eigenvalue weighted by molar-refractivity contribution is 9.10. The van der Waals surface area contributed by atoms with E-state index in [2.05, 4.69) is 22.5 Å². The highest BCUT2D eigenvalue weighted by atomic mass is 79.9. The summed E-state index contributed by atoms with van der Waals surface area (Å²) >= 11 is 3.39. The fourth-order valence-corrected chi connectivity index (χ4v) is 1.47. The topological polar surface area (TPSA) is 26.0 Å². The fraction of sp³-hybridized carbons (Fsp3) is 0.273. The van der Waals surface area contributed by atoms with Crippen molar-refractivity contribution in [3.63, 3.8) is 0 Å². The molecule has 2 N–H and O–H groups in total. The number of halogens is 2. The van der Waals surface area contributed by atoms with Crippen molar-refractivity contribution >= 4 is 28.3 Å². The molecular formula is C11H15BrClN.